The van der Waals surface area contributed by atoms with Crippen LogP contribution in [-0.2, 0) is 4.79 Å². The average Bonchev–Trinajstić information content (AvgIpc) is 2.72. The van der Waals surface area contributed by atoms with Crippen molar-refractivity contribution in [3.8, 4) is 11.8 Å². The summed E-state index contributed by atoms with van der Waals surface area (Å²) < 4.78 is 5.71. The van der Waals surface area contributed by atoms with Crippen LogP contribution in [0.1, 0.15) is 16.7 Å². The largest absolute Gasteiger partial charge is 0.483 e. The van der Waals surface area contributed by atoms with Gasteiger partial charge in [-0.3, -0.25) is 4.79 Å². The molecule has 0 aromatic heterocycles. The first-order valence-electron chi connectivity index (χ1n) is 9.01. The summed E-state index contributed by atoms with van der Waals surface area (Å²) in [5.74, 6) is 0.196. The van der Waals surface area contributed by atoms with Gasteiger partial charge in [0, 0.05) is 16.3 Å². The van der Waals surface area contributed by atoms with Crippen LogP contribution in [0.2, 0.25) is 5.02 Å². The van der Waals surface area contributed by atoms with Crippen molar-refractivity contribution in [2.45, 2.75) is 6.92 Å². The van der Waals surface area contributed by atoms with Crippen molar-refractivity contribution in [2.75, 3.05) is 11.9 Å². The third-order valence-corrected chi connectivity index (χ3v) is 4.37. The number of hydrogen-bond acceptors (Lipinski definition) is 3. The molecule has 0 atom stereocenters. The van der Waals surface area contributed by atoms with Crippen LogP contribution in [0.25, 0.3) is 11.6 Å². The van der Waals surface area contributed by atoms with E-state index < -0.39 is 0 Å². The molecule has 144 valence electrons. The third-order valence-electron chi connectivity index (χ3n) is 4.14. The first-order chi connectivity index (χ1) is 14.0. The summed E-state index contributed by atoms with van der Waals surface area (Å²) in [6, 6.07) is 24.1. The van der Waals surface area contributed by atoms with Gasteiger partial charge in [-0.2, -0.15) is 5.26 Å². The lowest BCUT2D eigenvalue weighted by atomic mass is 10.0. The minimum atomic E-state index is -0.274. The molecule has 0 bridgehead atoms. The topological polar surface area (TPSA) is 62.1 Å². The number of aryl methyl sites for hydroxylation is 1. The number of benzene rings is 3. The summed E-state index contributed by atoms with van der Waals surface area (Å²) in [6.45, 7) is 1.79. The SMILES string of the molecule is Cc1cccc(NC(=O)COc2ccc(Cl)cc2/C=C(\C#N)c2ccccc2)c1. The van der Waals surface area contributed by atoms with Gasteiger partial charge in [-0.1, -0.05) is 54.1 Å². The van der Waals surface area contributed by atoms with E-state index in [1.165, 1.54) is 0 Å². The van der Waals surface area contributed by atoms with Gasteiger partial charge in [0.15, 0.2) is 6.61 Å². The Hall–Kier alpha value is -3.55. The molecule has 29 heavy (non-hydrogen) atoms. The number of ether oxygens (including phenoxy) is 1. The fourth-order valence-corrected chi connectivity index (χ4v) is 2.96. The molecule has 0 unspecified atom stereocenters. The smallest absolute Gasteiger partial charge is 0.262 e. The maximum absolute atomic E-state index is 12.2. The molecule has 0 aliphatic heterocycles. The normalized spacial score (nSPS) is 10.9. The summed E-state index contributed by atoms with van der Waals surface area (Å²) in [6.07, 6.45) is 1.70. The van der Waals surface area contributed by atoms with Crippen molar-refractivity contribution in [3.05, 3.63) is 94.5 Å². The van der Waals surface area contributed by atoms with Gasteiger partial charge in [0.25, 0.3) is 5.91 Å². The van der Waals surface area contributed by atoms with E-state index in [4.69, 9.17) is 16.3 Å². The Morgan fingerprint density at radius 1 is 1.10 bits per heavy atom. The Labute approximate surface area is 175 Å². The van der Waals surface area contributed by atoms with Crippen LogP contribution in [0.15, 0.2) is 72.8 Å². The van der Waals surface area contributed by atoms with Gasteiger partial charge in [-0.25, -0.2) is 0 Å². The maximum atomic E-state index is 12.2. The van der Waals surface area contributed by atoms with E-state index in [9.17, 15) is 10.1 Å². The third kappa shape index (κ3) is 5.71. The fraction of sp³-hybridized carbons (Fsp3) is 0.0833. The van der Waals surface area contributed by atoms with E-state index in [-0.39, 0.29) is 12.5 Å². The molecule has 1 amide bonds. The molecular weight excluding hydrogens is 384 g/mol. The average molecular weight is 403 g/mol. The Morgan fingerprint density at radius 3 is 2.62 bits per heavy atom. The van der Waals surface area contributed by atoms with Crippen molar-refractivity contribution in [1.82, 2.24) is 0 Å². The molecule has 0 aliphatic carbocycles. The number of nitrogens with zero attached hydrogens (tertiary/aromatic N) is 1. The van der Waals surface area contributed by atoms with Crippen LogP contribution >= 0.6 is 11.6 Å². The Bertz CT molecular complexity index is 1090. The molecule has 0 fully saturated rings. The Kier molecular flexibility index (Phi) is 6.67. The van der Waals surface area contributed by atoms with Gasteiger partial charge >= 0.3 is 0 Å². The maximum Gasteiger partial charge on any atom is 0.262 e. The van der Waals surface area contributed by atoms with E-state index in [1.54, 1.807) is 24.3 Å². The number of nitrogens with one attached hydrogen (secondary N) is 1. The summed E-state index contributed by atoms with van der Waals surface area (Å²) in [5.41, 5.74) is 3.66. The summed E-state index contributed by atoms with van der Waals surface area (Å²) in [5, 5.41) is 12.9. The Morgan fingerprint density at radius 2 is 1.90 bits per heavy atom. The summed E-state index contributed by atoms with van der Waals surface area (Å²) >= 11 is 6.13. The number of halogens is 1. The van der Waals surface area contributed by atoms with Gasteiger partial charge in [0.1, 0.15) is 5.75 Å². The molecule has 0 heterocycles. The predicted molar refractivity (Wildman–Crippen MR) is 117 cm³/mol. The monoisotopic (exact) mass is 402 g/mol. The van der Waals surface area contributed by atoms with Gasteiger partial charge in [-0.05, 0) is 54.5 Å². The van der Waals surface area contributed by atoms with Crippen LogP contribution in [0.3, 0.4) is 0 Å². The molecular formula is C24H19ClN2O2. The molecule has 5 heteroatoms. The van der Waals surface area contributed by atoms with Gasteiger partial charge in [-0.15, -0.1) is 0 Å². The lowest BCUT2D eigenvalue weighted by Gasteiger charge is -2.11. The van der Waals surface area contributed by atoms with Gasteiger partial charge in [0.05, 0.1) is 11.6 Å². The van der Waals surface area contributed by atoms with Crippen molar-refractivity contribution >= 4 is 34.8 Å². The molecule has 1 N–H and O–H groups in total. The van der Waals surface area contributed by atoms with Crippen LogP contribution < -0.4 is 10.1 Å². The highest BCUT2D eigenvalue weighted by molar-refractivity contribution is 6.30. The zero-order chi connectivity index (χ0) is 20.6. The summed E-state index contributed by atoms with van der Waals surface area (Å²) in [4.78, 5) is 12.2. The number of rotatable bonds is 6. The van der Waals surface area contributed by atoms with Gasteiger partial charge < -0.3 is 10.1 Å². The second kappa shape index (κ2) is 9.59. The standard InChI is InChI=1S/C24H19ClN2O2/c1-17-6-5-9-22(12-17)27-24(28)16-29-23-11-10-21(25)14-19(23)13-20(15-26)18-7-3-2-4-8-18/h2-14H,16H2,1H3,(H,27,28)/b20-13+. The number of carbonyl (C=O) groups is 1. The van der Waals surface area contributed by atoms with E-state index >= 15 is 0 Å². The van der Waals surface area contributed by atoms with Crippen molar-refractivity contribution in [3.63, 3.8) is 0 Å². The molecule has 0 spiro atoms. The number of carbonyl (C=O) groups excluding carboxylic acids is 1. The molecule has 4 nitrogen and oxygen atoms in total. The number of allylic oxidation sites excluding steroid dienone is 1. The molecule has 0 saturated heterocycles. The van der Waals surface area contributed by atoms with E-state index in [0.717, 1.165) is 11.1 Å². The first kappa shape index (κ1) is 20.2. The van der Waals surface area contributed by atoms with Gasteiger partial charge in [0.2, 0.25) is 0 Å². The van der Waals surface area contributed by atoms with Crippen molar-refractivity contribution in [1.29, 1.82) is 5.26 Å². The van der Waals surface area contributed by atoms with Crippen LogP contribution in [0.4, 0.5) is 5.69 Å². The predicted octanol–water partition coefficient (Wildman–Crippen LogP) is 5.73. The van der Waals surface area contributed by atoms with Crippen LogP contribution in [0, 0.1) is 18.3 Å². The zero-order valence-corrected chi connectivity index (χ0v) is 16.6. The summed E-state index contributed by atoms with van der Waals surface area (Å²) in [7, 11) is 0. The molecule has 0 aliphatic rings. The lowest BCUT2D eigenvalue weighted by molar-refractivity contribution is -0.118. The second-order valence-electron chi connectivity index (χ2n) is 6.42. The molecule has 0 saturated carbocycles. The molecule has 3 aromatic rings. The van der Waals surface area contributed by atoms with E-state index in [2.05, 4.69) is 11.4 Å². The minimum absolute atomic E-state index is 0.163. The van der Waals surface area contributed by atoms with E-state index in [0.29, 0.717) is 27.6 Å². The lowest BCUT2D eigenvalue weighted by Crippen LogP contribution is -2.20. The second-order valence-corrected chi connectivity index (χ2v) is 6.86. The fourth-order valence-electron chi connectivity index (χ4n) is 2.78. The highest BCUT2D eigenvalue weighted by Gasteiger charge is 2.09. The minimum Gasteiger partial charge on any atom is -0.483 e. The van der Waals surface area contributed by atoms with E-state index in [1.807, 2.05) is 61.5 Å². The molecule has 0 radical (unpaired) electrons. The first-order valence-corrected chi connectivity index (χ1v) is 9.39. The van der Waals surface area contributed by atoms with Crippen molar-refractivity contribution in [2.24, 2.45) is 0 Å². The highest BCUT2D eigenvalue weighted by Crippen LogP contribution is 2.27. The van der Waals surface area contributed by atoms with Crippen LogP contribution in [0.5, 0.6) is 5.75 Å². The quantitative estimate of drug-likeness (QED) is 0.423. The molecule has 3 rings (SSSR count). The Balaban J connectivity index is 1.77. The number of hydrogen-bond donors (Lipinski definition) is 1. The number of nitriles is 1. The highest BCUT2D eigenvalue weighted by atomic mass is 35.5. The van der Waals surface area contributed by atoms with Crippen molar-refractivity contribution < 1.29 is 9.53 Å². The van der Waals surface area contributed by atoms with Crippen LogP contribution in [-0.4, -0.2) is 12.5 Å². The zero-order valence-electron chi connectivity index (χ0n) is 15.9. The molecule has 3 aromatic carbocycles. The number of amides is 1. The number of anilines is 1.